The summed E-state index contributed by atoms with van der Waals surface area (Å²) in [5.74, 6) is 1.18. The Morgan fingerprint density at radius 1 is 1.41 bits per heavy atom. The Bertz CT molecular complexity index is 640. The van der Waals surface area contributed by atoms with Crippen LogP contribution in [0, 0.1) is 12.8 Å². The van der Waals surface area contributed by atoms with E-state index in [0.717, 1.165) is 23.6 Å². The van der Waals surface area contributed by atoms with Crippen LogP contribution in [0.2, 0.25) is 0 Å². The number of halogens is 1. The summed E-state index contributed by atoms with van der Waals surface area (Å²) in [5.41, 5.74) is 7.52. The van der Waals surface area contributed by atoms with Crippen LogP contribution in [0.25, 0.3) is 0 Å². The van der Waals surface area contributed by atoms with Crippen molar-refractivity contribution in [1.82, 2.24) is 5.32 Å². The number of sulfone groups is 1. The Labute approximate surface area is 149 Å². The Morgan fingerprint density at radius 2 is 2.09 bits per heavy atom. The summed E-state index contributed by atoms with van der Waals surface area (Å²) in [7, 11) is -3.17. The third kappa shape index (κ3) is 5.42. The van der Waals surface area contributed by atoms with Crippen LogP contribution in [0.4, 0.5) is 0 Å². The van der Waals surface area contributed by atoms with Gasteiger partial charge in [0.2, 0.25) is 0 Å². The van der Waals surface area contributed by atoms with Crippen molar-refractivity contribution in [3.8, 4) is 0 Å². The summed E-state index contributed by atoms with van der Waals surface area (Å²) in [5, 5.41) is 3.14. The van der Waals surface area contributed by atoms with Crippen LogP contribution in [0.1, 0.15) is 30.4 Å². The van der Waals surface area contributed by atoms with Gasteiger partial charge in [-0.2, -0.15) is 0 Å². The first-order chi connectivity index (χ1) is 9.86. The minimum absolute atomic E-state index is 0. The van der Waals surface area contributed by atoms with E-state index in [4.69, 9.17) is 5.73 Å². The molecular formula is C15H24IN3O2S. The molecule has 1 aliphatic rings. The van der Waals surface area contributed by atoms with Crippen molar-refractivity contribution in [2.45, 2.75) is 37.6 Å². The topological polar surface area (TPSA) is 84.5 Å². The van der Waals surface area contributed by atoms with E-state index in [-0.39, 0.29) is 24.0 Å². The Hall–Kier alpha value is -0.830. The fraction of sp³-hybridized carbons (Fsp3) is 0.533. The van der Waals surface area contributed by atoms with E-state index in [0.29, 0.717) is 17.4 Å². The largest absolute Gasteiger partial charge is 0.370 e. The first-order valence-corrected chi connectivity index (χ1v) is 9.09. The number of guanidine groups is 1. The maximum Gasteiger partial charge on any atom is 0.188 e. The molecule has 1 aliphatic carbocycles. The lowest BCUT2D eigenvalue weighted by Crippen LogP contribution is -2.37. The van der Waals surface area contributed by atoms with Gasteiger partial charge in [0.15, 0.2) is 15.8 Å². The molecule has 5 nitrogen and oxygen atoms in total. The fourth-order valence-corrected chi connectivity index (χ4v) is 3.36. The van der Waals surface area contributed by atoms with Crippen LogP contribution in [-0.2, 0) is 16.4 Å². The SMILES string of the molecule is Cc1cc(CN=C(N)NCC2CCC2)ccc1S(C)(=O)=O.I. The molecule has 1 aromatic rings. The molecule has 0 atom stereocenters. The maximum absolute atomic E-state index is 11.6. The second-order valence-corrected chi connectivity index (χ2v) is 7.74. The van der Waals surface area contributed by atoms with Crippen LogP contribution in [0.15, 0.2) is 28.1 Å². The number of hydrogen-bond donors (Lipinski definition) is 2. The quantitative estimate of drug-likeness (QED) is 0.421. The summed E-state index contributed by atoms with van der Waals surface area (Å²) in [4.78, 5) is 4.66. The average Bonchev–Trinajstić information content (AvgIpc) is 2.33. The Morgan fingerprint density at radius 3 is 2.59 bits per heavy atom. The second-order valence-electron chi connectivity index (χ2n) is 5.75. The highest BCUT2D eigenvalue weighted by Crippen LogP contribution is 2.25. The molecule has 1 saturated carbocycles. The van der Waals surface area contributed by atoms with Crippen LogP contribution in [-0.4, -0.2) is 27.2 Å². The van der Waals surface area contributed by atoms with Gasteiger partial charge in [-0.25, -0.2) is 13.4 Å². The van der Waals surface area contributed by atoms with E-state index in [1.54, 1.807) is 19.1 Å². The van der Waals surface area contributed by atoms with E-state index in [9.17, 15) is 8.42 Å². The highest BCUT2D eigenvalue weighted by atomic mass is 127. The average molecular weight is 437 g/mol. The van der Waals surface area contributed by atoms with Crippen molar-refractivity contribution in [2.24, 2.45) is 16.6 Å². The molecule has 0 saturated heterocycles. The zero-order valence-electron chi connectivity index (χ0n) is 13.0. The van der Waals surface area contributed by atoms with Crippen LogP contribution >= 0.6 is 24.0 Å². The molecular weight excluding hydrogens is 413 g/mol. The molecule has 0 aliphatic heterocycles. The molecule has 7 heteroatoms. The fourth-order valence-electron chi connectivity index (χ4n) is 2.40. The van der Waals surface area contributed by atoms with E-state index in [1.165, 1.54) is 25.5 Å². The van der Waals surface area contributed by atoms with Gasteiger partial charge in [0.25, 0.3) is 0 Å². The predicted octanol–water partition coefficient (Wildman–Crippen LogP) is 2.22. The van der Waals surface area contributed by atoms with Crippen molar-refractivity contribution >= 4 is 39.8 Å². The summed E-state index contributed by atoms with van der Waals surface area (Å²) in [6, 6.07) is 5.26. The molecule has 22 heavy (non-hydrogen) atoms. The molecule has 1 fully saturated rings. The lowest BCUT2D eigenvalue weighted by molar-refractivity contribution is 0.315. The second kappa shape index (κ2) is 8.14. The first-order valence-electron chi connectivity index (χ1n) is 7.19. The van der Waals surface area contributed by atoms with Gasteiger partial charge in [-0.15, -0.1) is 24.0 Å². The van der Waals surface area contributed by atoms with E-state index >= 15 is 0 Å². The number of nitrogens with zero attached hydrogens (tertiary/aromatic N) is 1. The Balaban J connectivity index is 0.00000242. The number of rotatable bonds is 5. The van der Waals surface area contributed by atoms with Gasteiger partial charge < -0.3 is 11.1 Å². The van der Waals surface area contributed by atoms with Crippen LogP contribution in [0.5, 0.6) is 0 Å². The van der Waals surface area contributed by atoms with Gasteiger partial charge in [-0.1, -0.05) is 18.6 Å². The minimum atomic E-state index is -3.17. The molecule has 2 rings (SSSR count). The third-order valence-corrected chi connectivity index (χ3v) is 5.12. The summed E-state index contributed by atoms with van der Waals surface area (Å²) in [6.45, 7) is 3.14. The van der Waals surface area contributed by atoms with E-state index in [2.05, 4.69) is 10.3 Å². The molecule has 124 valence electrons. The number of aliphatic imine (C=N–C) groups is 1. The summed E-state index contributed by atoms with van der Waals surface area (Å²) >= 11 is 0. The zero-order valence-corrected chi connectivity index (χ0v) is 16.1. The standard InChI is InChI=1S/C15H23N3O2S.HI/c1-11-8-13(6-7-14(11)21(2,19)20)10-18-15(16)17-9-12-4-3-5-12;/h6-8,12H,3-5,9-10H2,1-2H3,(H3,16,17,18);1H. The number of hydrogen-bond acceptors (Lipinski definition) is 3. The molecule has 3 N–H and O–H groups in total. The molecule has 0 amide bonds. The first kappa shape index (κ1) is 19.2. The molecule has 0 radical (unpaired) electrons. The molecule has 0 aromatic heterocycles. The van der Waals surface area contributed by atoms with E-state index < -0.39 is 9.84 Å². The number of nitrogens with one attached hydrogen (secondary N) is 1. The predicted molar refractivity (Wildman–Crippen MR) is 100 cm³/mol. The molecule has 0 unspecified atom stereocenters. The van der Waals surface area contributed by atoms with Crippen LogP contribution < -0.4 is 11.1 Å². The molecule has 0 bridgehead atoms. The maximum atomic E-state index is 11.6. The highest BCUT2D eigenvalue weighted by molar-refractivity contribution is 14.0. The molecule has 1 aromatic carbocycles. The lowest BCUT2D eigenvalue weighted by Gasteiger charge is -2.25. The monoisotopic (exact) mass is 437 g/mol. The number of nitrogens with two attached hydrogens (primary N) is 1. The van der Waals surface area contributed by atoms with Gasteiger partial charge in [0.05, 0.1) is 11.4 Å². The molecule has 0 heterocycles. The van der Waals surface area contributed by atoms with Gasteiger partial charge in [0.1, 0.15) is 0 Å². The van der Waals surface area contributed by atoms with E-state index in [1.807, 2.05) is 6.07 Å². The number of aryl methyl sites for hydroxylation is 1. The van der Waals surface area contributed by atoms with Gasteiger partial charge in [-0.05, 0) is 42.9 Å². The third-order valence-electron chi connectivity index (χ3n) is 3.87. The van der Waals surface area contributed by atoms with Crippen molar-refractivity contribution in [3.63, 3.8) is 0 Å². The smallest absolute Gasteiger partial charge is 0.188 e. The normalized spacial score (nSPS) is 15.8. The number of benzene rings is 1. The van der Waals surface area contributed by atoms with Gasteiger partial charge in [0, 0.05) is 12.8 Å². The van der Waals surface area contributed by atoms with Gasteiger partial charge >= 0.3 is 0 Å². The summed E-state index contributed by atoms with van der Waals surface area (Å²) < 4.78 is 23.1. The van der Waals surface area contributed by atoms with Crippen LogP contribution in [0.3, 0.4) is 0 Å². The van der Waals surface area contributed by atoms with Crippen molar-refractivity contribution < 1.29 is 8.42 Å². The highest BCUT2D eigenvalue weighted by Gasteiger charge is 2.16. The van der Waals surface area contributed by atoms with Crippen molar-refractivity contribution in [1.29, 1.82) is 0 Å². The van der Waals surface area contributed by atoms with Crippen molar-refractivity contribution in [3.05, 3.63) is 29.3 Å². The molecule has 0 spiro atoms. The zero-order chi connectivity index (χ0) is 15.5. The van der Waals surface area contributed by atoms with Crippen molar-refractivity contribution in [2.75, 3.05) is 12.8 Å². The minimum Gasteiger partial charge on any atom is -0.370 e. The van der Waals surface area contributed by atoms with Gasteiger partial charge in [-0.3, -0.25) is 0 Å². The summed E-state index contributed by atoms with van der Waals surface area (Å²) in [6.07, 6.45) is 5.07. The Kier molecular flexibility index (Phi) is 7.11. The lowest BCUT2D eigenvalue weighted by atomic mass is 9.85.